The lowest BCUT2D eigenvalue weighted by Crippen LogP contribution is -2.32. The first-order valence-corrected chi connectivity index (χ1v) is 6.85. The Bertz CT molecular complexity index is 382. The van der Waals surface area contributed by atoms with E-state index in [2.05, 4.69) is 44.4 Å². The van der Waals surface area contributed by atoms with Crippen molar-refractivity contribution < 1.29 is 0 Å². The lowest BCUT2D eigenvalue weighted by Gasteiger charge is -2.28. The lowest BCUT2D eigenvalue weighted by molar-refractivity contribution is 0.326. The van der Waals surface area contributed by atoms with Gasteiger partial charge in [-0.1, -0.05) is 0 Å². The molecule has 3 heterocycles. The smallest absolute Gasteiger partial charge is 0.106 e. The summed E-state index contributed by atoms with van der Waals surface area (Å²) in [5.41, 5.74) is 2.89. The summed E-state index contributed by atoms with van der Waals surface area (Å²) in [5, 5.41) is 3.45. The van der Waals surface area contributed by atoms with E-state index in [1.807, 2.05) is 0 Å². The van der Waals surface area contributed by atoms with Crippen LogP contribution >= 0.6 is 15.9 Å². The van der Waals surface area contributed by atoms with Gasteiger partial charge in [-0.05, 0) is 53.3 Å². The molecule has 0 aromatic carbocycles. The first kappa shape index (κ1) is 10.7. The molecule has 1 saturated heterocycles. The molecular formula is C12H18BrN3. The maximum atomic E-state index is 3.60. The summed E-state index contributed by atoms with van der Waals surface area (Å²) in [6.45, 7) is 3.56. The third kappa shape index (κ3) is 1.59. The standard InChI is InChI=1S/C12H18BrN3/c1-16-7-10(8-2-4-14-5-3-8)9-6-15-12(13)11(9)16/h6,8,10,14-15H,2-5,7H2,1H3. The zero-order valence-electron chi connectivity index (χ0n) is 9.59. The van der Waals surface area contributed by atoms with Crippen LogP contribution in [0.1, 0.15) is 24.3 Å². The van der Waals surface area contributed by atoms with Gasteiger partial charge in [0.2, 0.25) is 0 Å². The highest BCUT2D eigenvalue weighted by Gasteiger charge is 2.35. The summed E-state index contributed by atoms with van der Waals surface area (Å²) < 4.78 is 1.14. The van der Waals surface area contributed by atoms with Gasteiger partial charge in [0.1, 0.15) is 4.60 Å². The molecule has 2 aliphatic rings. The number of nitrogens with one attached hydrogen (secondary N) is 2. The van der Waals surface area contributed by atoms with E-state index in [0.29, 0.717) is 0 Å². The van der Waals surface area contributed by atoms with Crippen molar-refractivity contribution >= 4 is 21.6 Å². The minimum absolute atomic E-state index is 0.727. The van der Waals surface area contributed by atoms with Crippen molar-refractivity contribution in [3.05, 3.63) is 16.4 Å². The fraction of sp³-hybridized carbons (Fsp3) is 0.667. The number of halogens is 1. The van der Waals surface area contributed by atoms with Crippen molar-refractivity contribution in [2.45, 2.75) is 18.8 Å². The van der Waals surface area contributed by atoms with E-state index in [0.717, 1.165) is 16.4 Å². The zero-order chi connectivity index (χ0) is 11.1. The van der Waals surface area contributed by atoms with Gasteiger partial charge >= 0.3 is 0 Å². The third-order valence-corrected chi connectivity index (χ3v) is 4.64. The van der Waals surface area contributed by atoms with Crippen LogP contribution in [-0.4, -0.2) is 31.7 Å². The number of aromatic amines is 1. The van der Waals surface area contributed by atoms with Gasteiger partial charge in [0, 0.05) is 25.7 Å². The van der Waals surface area contributed by atoms with E-state index < -0.39 is 0 Å². The highest BCUT2D eigenvalue weighted by Crippen LogP contribution is 2.45. The van der Waals surface area contributed by atoms with Gasteiger partial charge in [0.25, 0.3) is 0 Å². The number of aromatic nitrogens is 1. The van der Waals surface area contributed by atoms with E-state index in [9.17, 15) is 0 Å². The molecule has 4 heteroatoms. The van der Waals surface area contributed by atoms with Crippen LogP contribution in [0.4, 0.5) is 5.69 Å². The Kier molecular flexibility index (Phi) is 2.72. The highest BCUT2D eigenvalue weighted by atomic mass is 79.9. The number of hydrogen-bond donors (Lipinski definition) is 2. The minimum atomic E-state index is 0.727. The molecule has 1 atom stereocenters. The largest absolute Gasteiger partial charge is 0.372 e. The number of likely N-dealkylation sites (N-methyl/N-ethyl adjacent to an activating group) is 1. The molecule has 0 bridgehead atoms. The van der Waals surface area contributed by atoms with Crippen LogP contribution in [-0.2, 0) is 0 Å². The molecule has 3 nitrogen and oxygen atoms in total. The van der Waals surface area contributed by atoms with Crippen molar-refractivity contribution in [3.8, 4) is 0 Å². The molecule has 1 unspecified atom stereocenters. The highest BCUT2D eigenvalue weighted by molar-refractivity contribution is 9.10. The van der Waals surface area contributed by atoms with Crippen molar-refractivity contribution in [2.75, 3.05) is 31.6 Å². The van der Waals surface area contributed by atoms with Crippen LogP contribution in [0.25, 0.3) is 0 Å². The predicted molar refractivity (Wildman–Crippen MR) is 70.1 cm³/mol. The molecule has 1 aromatic heterocycles. The summed E-state index contributed by atoms with van der Waals surface area (Å²) in [7, 11) is 2.19. The number of fused-ring (bicyclic) bond motifs is 1. The number of nitrogens with zero attached hydrogens (tertiary/aromatic N) is 1. The maximum Gasteiger partial charge on any atom is 0.106 e. The Morgan fingerprint density at radius 3 is 2.88 bits per heavy atom. The fourth-order valence-electron chi connectivity index (χ4n) is 3.21. The molecule has 0 radical (unpaired) electrons. The molecule has 88 valence electrons. The number of piperidine rings is 1. The van der Waals surface area contributed by atoms with Crippen LogP contribution in [0.15, 0.2) is 10.8 Å². The first-order chi connectivity index (χ1) is 7.77. The lowest BCUT2D eigenvalue weighted by atomic mass is 9.82. The van der Waals surface area contributed by atoms with Crippen molar-refractivity contribution in [1.82, 2.24) is 10.3 Å². The predicted octanol–water partition coefficient (Wildman–Crippen LogP) is 2.31. The van der Waals surface area contributed by atoms with Crippen LogP contribution in [0, 0.1) is 5.92 Å². The Morgan fingerprint density at radius 1 is 1.38 bits per heavy atom. The normalized spacial score (nSPS) is 26.1. The average molecular weight is 284 g/mol. The molecule has 2 N–H and O–H groups in total. The Balaban J connectivity index is 1.87. The molecular weight excluding hydrogens is 266 g/mol. The third-order valence-electron chi connectivity index (χ3n) is 4.04. The second-order valence-electron chi connectivity index (χ2n) is 4.98. The topological polar surface area (TPSA) is 31.1 Å². The van der Waals surface area contributed by atoms with Gasteiger partial charge < -0.3 is 15.2 Å². The van der Waals surface area contributed by atoms with E-state index >= 15 is 0 Å². The van der Waals surface area contributed by atoms with Crippen LogP contribution in [0.2, 0.25) is 0 Å². The Labute approximate surface area is 105 Å². The molecule has 0 spiro atoms. The molecule has 0 saturated carbocycles. The SMILES string of the molecule is CN1CC(C2CCNCC2)c2c[nH]c(Br)c21. The molecule has 2 aliphatic heterocycles. The van der Waals surface area contributed by atoms with Crippen molar-refractivity contribution in [2.24, 2.45) is 5.92 Å². The molecule has 1 fully saturated rings. The molecule has 3 rings (SSSR count). The summed E-state index contributed by atoms with van der Waals surface area (Å²) in [6.07, 6.45) is 4.83. The number of H-pyrrole nitrogens is 1. The van der Waals surface area contributed by atoms with Gasteiger partial charge in [-0.25, -0.2) is 0 Å². The quantitative estimate of drug-likeness (QED) is 0.829. The maximum absolute atomic E-state index is 3.60. The average Bonchev–Trinajstić information content (AvgIpc) is 2.83. The number of anilines is 1. The van der Waals surface area contributed by atoms with Crippen LogP contribution in [0.3, 0.4) is 0 Å². The van der Waals surface area contributed by atoms with Crippen LogP contribution < -0.4 is 10.2 Å². The second kappa shape index (κ2) is 4.08. The summed E-state index contributed by atoms with van der Waals surface area (Å²) in [4.78, 5) is 5.68. The summed E-state index contributed by atoms with van der Waals surface area (Å²) in [6, 6.07) is 0. The molecule has 16 heavy (non-hydrogen) atoms. The number of rotatable bonds is 1. The zero-order valence-corrected chi connectivity index (χ0v) is 11.2. The van der Waals surface area contributed by atoms with E-state index in [4.69, 9.17) is 0 Å². The minimum Gasteiger partial charge on any atom is -0.372 e. The van der Waals surface area contributed by atoms with Gasteiger partial charge in [-0.2, -0.15) is 0 Å². The molecule has 0 aliphatic carbocycles. The van der Waals surface area contributed by atoms with Crippen LogP contribution in [0.5, 0.6) is 0 Å². The van der Waals surface area contributed by atoms with Gasteiger partial charge in [-0.15, -0.1) is 0 Å². The Hall–Kier alpha value is -0.480. The Morgan fingerprint density at radius 2 is 2.12 bits per heavy atom. The van der Waals surface area contributed by atoms with E-state index in [1.165, 1.54) is 43.7 Å². The van der Waals surface area contributed by atoms with Gasteiger partial charge in [0.05, 0.1) is 5.69 Å². The fourth-order valence-corrected chi connectivity index (χ4v) is 3.86. The first-order valence-electron chi connectivity index (χ1n) is 6.06. The van der Waals surface area contributed by atoms with Gasteiger partial charge in [0.15, 0.2) is 0 Å². The van der Waals surface area contributed by atoms with E-state index in [1.54, 1.807) is 0 Å². The number of hydrogen-bond acceptors (Lipinski definition) is 2. The molecule has 0 amide bonds. The molecule has 1 aromatic rings. The second-order valence-corrected chi connectivity index (χ2v) is 5.77. The monoisotopic (exact) mass is 283 g/mol. The van der Waals surface area contributed by atoms with E-state index in [-0.39, 0.29) is 0 Å². The van der Waals surface area contributed by atoms with Crippen molar-refractivity contribution in [1.29, 1.82) is 0 Å². The summed E-state index contributed by atoms with van der Waals surface area (Å²) >= 11 is 3.60. The van der Waals surface area contributed by atoms with Crippen molar-refractivity contribution in [3.63, 3.8) is 0 Å². The van der Waals surface area contributed by atoms with Gasteiger partial charge in [-0.3, -0.25) is 0 Å². The summed E-state index contributed by atoms with van der Waals surface area (Å²) in [5.74, 6) is 1.58.